The Balaban J connectivity index is 2.49. The van der Waals surface area contributed by atoms with E-state index in [1.165, 1.54) is 5.56 Å². The number of methoxy groups -OCH3 is 1. The van der Waals surface area contributed by atoms with Gasteiger partial charge < -0.3 is 15.0 Å². The van der Waals surface area contributed by atoms with Crippen molar-refractivity contribution in [3.8, 4) is 0 Å². The normalized spacial score (nSPS) is 12.8. The van der Waals surface area contributed by atoms with Crippen LogP contribution in [0.5, 0.6) is 0 Å². The lowest BCUT2D eigenvalue weighted by atomic mass is 10.1. The summed E-state index contributed by atoms with van der Waals surface area (Å²) in [5.41, 5.74) is 1.37. The van der Waals surface area contributed by atoms with E-state index in [1.807, 2.05) is 0 Å². The van der Waals surface area contributed by atoms with Gasteiger partial charge in [-0.05, 0) is 32.0 Å². The average Bonchev–Trinajstić information content (AvgIpc) is 2.44. The highest BCUT2D eigenvalue weighted by molar-refractivity contribution is 5.19. The van der Waals surface area contributed by atoms with Crippen LogP contribution in [0.1, 0.15) is 31.4 Å². The Hall–Kier alpha value is -0.900. The molecular weight excluding hydrogens is 236 g/mol. The van der Waals surface area contributed by atoms with Gasteiger partial charge in [0.2, 0.25) is 0 Å². The van der Waals surface area contributed by atoms with Crippen molar-refractivity contribution < 1.29 is 4.74 Å². The van der Waals surface area contributed by atoms with Gasteiger partial charge in [-0.3, -0.25) is 0 Å². The first kappa shape index (κ1) is 16.2. The van der Waals surface area contributed by atoms with Crippen LogP contribution >= 0.6 is 0 Å². The first-order chi connectivity index (χ1) is 9.27. The van der Waals surface area contributed by atoms with Gasteiger partial charge in [-0.2, -0.15) is 0 Å². The fraction of sp³-hybridized carbons (Fsp3) is 0.625. The number of hydrogen-bond donors (Lipinski definition) is 1. The highest BCUT2D eigenvalue weighted by atomic mass is 16.5. The zero-order chi connectivity index (χ0) is 13.9. The molecule has 1 aromatic rings. The van der Waals surface area contributed by atoms with Gasteiger partial charge in [0.15, 0.2) is 0 Å². The highest BCUT2D eigenvalue weighted by Crippen LogP contribution is 2.13. The number of benzene rings is 1. The maximum absolute atomic E-state index is 5.10. The first-order valence-corrected chi connectivity index (χ1v) is 7.23. The SMILES string of the molecule is CCCNC(CN(C)CCCOC)c1ccccc1. The zero-order valence-corrected chi connectivity index (χ0v) is 12.6. The molecule has 0 aliphatic carbocycles. The fourth-order valence-corrected chi connectivity index (χ4v) is 2.17. The second-order valence-electron chi connectivity index (χ2n) is 5.03. The van der Waals surface area contributed by atoms with E-state index in [0.29, 0.717) is 6.04 Å². The van der Waals surface area contributed by atoms with Gasteiger partial charge in [0.1, 0.15) is 0 Å². The molecule has 3 nitrogen and oxygen atoms in total. The summed E-state index contributed by atoms with van der Waals surface area (Å²) < 4.78 is 5.10. The van der Waals surface area contributed by atoms with Gasteiger partial charge in [-0.25, -0.2) is 0 Å². The van der Waals surface area contributed by atoms with E-state index in [1.54, 1.807) is 7.11 Å². The Morgan fingerprint density at radius 2 is 2.00 bits per heavy atom. The Kier molecular flexibility index (Phi) is 8.47. The molecule has 0 aromatic heterocycles. The maximum Gasteiger partial charge on any atom is 0.0474 e. The molecule has 1 N–H and O–H groups in total. The Labute approximate surface area is 118 Å². The average molecular weight is 264 g/mol. The van der Waals surface area contributed by atoms with E-state index in [-0.39, 0.29) is 0 Å². The molecule has 0 fully saturated rings. The molecule has 3 heteroatoms. The molecule has 19 heavy (non-hydrogen) atoms. The van der Waals surface area contributed by atoms with Crippen LogP contribution in [0.3, 0.4) is 0 Å². The van der Waals surface area contributed by atoms with E-state index in [4.69, 9.17) is 4.74 Å². The number of likely N-dealkylation sites (N-methyl/N-ethyl adjacent to an activating group) is 1. The minimum absolute atomic E-state index is 0.411. The molecule has 0 bridgehead atoms. The van der Waals surface area contributed by atoms with Crippen LogP contribution in [0.2, 0.25) is 0 Å². The Bertz CT molecular complexity index is 316. The highest BCUT2D eigenvalue weighted by Gasteiger charge is 2.12. The van der Waals surface area contributed by atoms with Gasteiger partial charge >= 0.3 is 0 Å². The molecule has 0 aliphatic heterocycles. The van der Waals surface area contributed by atoms with Gasteiger partial charge in [-0.15, -0.1) is 0 Å². The summed E-state index contributed by atoms with van der Waals surface area (Å²) in [4.78, 5) is 2.37. The predicted molar refractivity (Wildman–Crippen MR) is 81.5 cm³/mol. The fourth-order valence-electron chi connectivity index (χ4n) is 2.17. The molecule has 108 valence electrons. The first-order valence-electron chi connectivity index (χ1n) is 7.23. The number of hydrogen-bond acceptors (Lipinski definition) is 3. The third-order valence-electron chi connectivity index (χ3n) is 3.23. The summed E-state index contributed by atoms with van der Waals surface area (Å²) in [5.74, 6) is 0. The molecule has 1 atom stereocenters. The minimum atomic E-state index is 0.411. The van der Waals surface area contributed by atoms with Crippen molar-refractivity contribution in [2.24, 2.45) is 0 Å². The van der Waals surface area contributed by atoms with Gasteiger partial charge in [0, 0.05) is 32.8 Å². The van der Waals surface area contributed by atoms with Crippen LogP contribution in [-0.2, 0) is 4.74 Å². The van der Waals surface area contributed by atoms with Crippen molar-refractivity contribution in [1.82, 2.24) is 10.2 Å². The minimum Gasteiger partial charge on any atom is -0.385 e. The monoisotopic (exact) mass is 264 g/mol. The molecule has 1 rings (SSSR count). The van der Waals surface area contributed by atoms with Crippen molar-refractivity contribution in [1.29, 1.82) is 0 Å². The van der Waals surface area contributed by atoms with E-state index in [9.17, 15) is 0 Å². The quantitative estimate of drug-likeness (QED) is 0.658. The van der Waals surface area contributed by atoms with Crippen molar-refractivity contribution in [3.05, 3.63) is 35.9 Å². The summed E-state index contributed by atoms with van der Waals surface area (Å²) in [6.07, 6.45) is 2.25. The number of ether oxygens (including phenoxy) is 1. The van der Waals surface area contributed by atoms with E-state index >= 15 is 0 Å². The lowest BCUT2D eigenvalue weighted by Crippen LogP contribution is -2.34. The summed E-state index contributed by atoms with van der Waals surface area (Å²) in [5, 5.41) is 3.63. The van der Waals surface area contributed by atoms with Crippen LogP contribution in [0, 0.1) is 0 Å². The molecule has 0 spiro atoms. The smallest absolute Gasteiger partial charge is 0.0474 e. The summed E-state index contributed by atoms with van der Waals surface area (Å²) in [6, 6.07) is 11.1. The van der Waals surface area contributed by atoms with E-state index < -0.39 is 0 Å². The molecular formula is C16H28N2O. The molecule has 1 unspecified atom stereocenters. The lowest BCUT2D eigenvalue weighted by Gasteiger charge is -2.25. The number of rotatable bonds is 10. The van der Waals surface area contributed by atoms with Crippen LogP contribution in [-0.4, -0.2) is 45.3 Å². The third kappa shape index (κ3) is 6.71. The molecule has 0 saturated heterocycles. The molecule has 1 aromatic carbocycles. The van der Waals surface area contributed by atoms with Crippen molar-refractivity contribution in [3.63, 3.8) is 0 Å². The largest absolute Gasteiger partial charge is 0.385 e. The molecule has 0 radical (unpaired) electrons. The zero-order valence-electron chi connectivity index (χ0n) is 12.6. The topological polar surface area (TPSA) is 24.5 Å². The molecule has 0 aliphatic rings. The maximum atomic E-state index is 5.10. The summed E-state index contributed by atoms with van der Waals surface area (Å²) in [6.45, 7) is 6.21. The molecule has 0 heterocycles. The third-order valence-corrected chi connectivity index (χ3v) is 3.23. The van der Waals surface area contributed by atoms with Gasteiger partial charge in [-0.1, -0.05) is 37.3 Å². The van der Waals surface area contributed by atoms with Crippen LogP contribution < -0.4 is 5.32 Å². The van der Waals surface area contributed by atoms with Crippen molar-refractivity contribution in [2.75, 3.05) is 40.4 Å². The van der Waals surface area contributed by atoms with Crippen LogP contribution in [0.15, 0.2) is 30.3 Å². The second-order valence-corrected chi connectivity index (χ2v) is 5.03. The Morgan fingerprint density at radius 3 is 2.63 bits per heavy atom. The molecule has 0 amide bonds. The predicted octanol–water partition coefficient (Wildman–Crippen LogP) is 2.70. The standard InChI is InChI=1S/C16H28N2O/c1-4-11-17-16(15-9-6-5-7-10-15)14-18(2)12-8-13-19-3/h5-7,9-10,16-17H,4,8,11-14H2,1-3H3. The summed E-state index contributed by atoms with van der Waals surface area (Å²) in [7, 11) is 3.94. The van der Waals surface area contributed by atoms with Gasteiger partial charge in [0.05, 0.1) is 0 Å². The van der Waals surface area contributed by atoms with Crippen LogP contribution in [0.25, 0.3) is 0 Å². The van der Waals surface area contributed by atoms with Crippen LogP contribution in [0.4, 0.5) is 0 Å². The van der Waals surface area contributed by atoms with Crippen molar-refractivity contribution in [2.45, 2.75) is 25.8 Å². The Morgan fingerprint density at radius 1 is 1.26 bits per heavy atom. The summed E-state index contributed by atoms with van der Waals surface area (Å²) >= 11 is 0. The molecule has 0 saturated carbocycles. The second kappa shape index (κ2) is 9.96. The van der Waals surface area contributed by atoms with Gasteiger partial charge in [0.25, 0.3) is 0 Å². The lowest BCUT2D eigenvalue weighted by molar-refractivity contribution is 0.176. The van der Waals surface area contributed by atoms with Crippen molar-refractivity contribution >= 4 is 0 Å². The van der Waals surface area contributed by atoms with E-state index in [0.717, 1.165) is 39.1 Å². The number of nitrogens with zero attached hydrogens (tertiary/aromatic N) is 1. The number of nitrogens with one attached hydrogen (secondary N) is 1. The van der Waals surface area contributed by atoms with E-state index in [2.05, 4.69) is 54.5 Å².